The zero-order valence-corrected chi connectivity index (χ0v) is 16.4. The van der Waals surface area contributed by atoms with Gasteiger partial charge in [-0.1, -0.05) is 6.07 Å². The number of thiazole rings is 1. The molecular formula is C19H16N4O3S2. The molecule has 4 aromatic rings. The smallest absolute Gasteiger partial charge is 0.289 e. The molecule has 4 aromatic heterocycles. The van der Waals surface area contributed by atoms with Crippen LogP contribution < -0.4 is 0 Å². The molecule has 1 aliphatic rings. The molecule has 7 nitrogen and oxygen atoms in total. The summed E-state index contributed by atoms with van der Waals surface area (Å²) in [6.07, 6.45) is 3.41. The number of carbonyl (C=O) groups is 2. The third-order valence-electron chi connectivity index (χ3n) is 4.79. The molecule has 1 fully saturated rings. The van der Waals surface area contributed by atoms with E-state index in [-0.39, 0.29) is 11.8 Å². The van der Waals surface area contributed by atoms with Crippen molar-refractivity contribution in [2.45, 2.75) is 0 Å². The van der Waals surface area contributed by atoms with Crippen molar-refractivity contribution in [2.24, 2.45) is 0 Å². The summed E-state index contributed by atoms with van der Waals surface area (Å²) in [5, 5.41) is 3.86. The molecule has 28 heavy (non-hydrogen) atoms. The molecule has 0 radical (unpaired) electrons. The average Bonchev–Trinajstić information content (AvgIpc) is 3.51. The fraction of sp³-hybridized carbons (Fsp3) is 0.211. The van der Waals surface area contributed by atoms with Gasteiger partial charge in [-0.05, 0) is 23.6 Å². The summed E-state index contributed by atoms with van der Waals surface area (Å²) < 4.78 is 7.05. The summed E-state index contributed by atoms with van der Waals surface area (Å²) in [5.41, 5.74) is 1.49. The molecule has 0 aromatic carbocycles. The second-order valence-electron chi connectivity index (χ2n) is 6.44. The predicted molar refractivity (Wildman–Crippen MR) is 107 cm³/mol. The molecule has 0 spiro atoms. The van der Waals surface area contributed by atoms with E-state index in [4.69, 9.17) is 4.42 Å². The Balaban J connectivity index is 1.31. The van der Waals surface area contributed by atoms with Gasteiger partial charge < -0.3 is 14.2 Å². The zero-order chi connectivity index (χ0) is 19.1. The Kier molecular flexibility index (Phi) is 4.25. The van der Waals surface area contributed by atoms with Crippen LogP contribution in [0.3, 0.4) is 0 Å². The van der Waals surface area contributed by atoms with Gasteiger partial charge in [-0.2, -0.15) is 0 Å². The van der Waals surface area contributed by atoms with Gasteiger partial charge in [-0.25, -0.2) is 4.98 Å². The minimum Gasteiger partial charge on any atom is -0.459 e. The van der Waals surface area contributed by atoms with Crippen molar-refractivity contribution in [3.8, 4) is 10.6 Å². The summed E-state index contributed by atoms with van der Waals surface area (Å²) in [6.45, 7) is 1.97. The fourth-order valence-corrected chi connectivity index (χ4v) is 4.84. The van der Waals surface area contributed by atoms with Crippen LogP contribution in [-0.4, -0.2) is 57.2 Å². The number of piperazine rings is 1. The van der Waals surface area contributed by atoms with Crippen molar-refractivity contribution < 1.29 is 14.0 Å². The van der Waals surface area contributed by atoms with Crippen LogP contribution in [0.25, 0.3) is 15.5 Å². The van der Waals surface area contributed by atoms with Gasteiger partial charge >= 0.3 is 0 Å². The van der Waals surface area contributed by atoms with E-state index >= 15 is 0 Å². The Morgan fingerprint density at radius 2 is 1.79 bits per heavy atom. The second kappa shape index (κ2) is 6.92. The van der Waals surface area contributed by atoms with E-state index in [2.05, 4.69) is 4.98 Å². The van der Waals surface area contributed by atoms with Gasteiger partial charge in [0, 0.05) is 37.8 Å². The summed E-state index contributed by atoms with van der Waals surface area (Å²) in [4.78, 5) is 35.4. The fourth-order valence-electron chi connectivity index (χ4n) is 3.31. The Morgan fingerprint density at radius 3 is 2.46 bits per heavy atom. The number of fused-ring (bicyclic) bond motifs is 1. The highest BCUT2D eigenvalue weighted by atomic mass is 32.1. The number of hydrogen-bond donors (Lipinski definition) is 0. The number of hydrogen-bond acceptors (Lipinski definition) is 6. The van der Waals surface area contributed by atoms with Crippen molar-refractivity contribution in [3.05, 3.63) is 58.9 Å². The highest BCUT2D eigenvalue weighted by molar-refractivity contribution is 7.15. The van der Waals surface area contributed by atoms with Crippen molar-refractivity contribution in [2.75, 3.05) is 26.2 Å². The quantitative estimate of drug-likeness (QED) is 0.518. The number of furan rings is 1. The average molecular weight is 412 g/mol. The lowest BCUT2D eigenvalue weighted by Gasteiger charge is -2.34. The maximum absolute atomic E-state index is 13.0. The lowest BCUT2D eigenvalue weighted by atomic mass is 10.2. The van der Waals surface area contributed by atoms with Gasteiger partial charge in [0.05, 0.1) is 11.1 Å². The molecular weight excluding hydrogens is 396 g/mol. The van der Waals surface area contributed by atoms with Crippen LogP contribution in [0.15, 0.2) is 51.9 Å². The van der Waals surface area contributed by atoms with Crippen molar-refractivity contribution in [3.63, 3.8) is 0 Å². The van der Waals surface area contributed by atoms with Crippen LogP contribution in [-0.2, 0) is 0 Å². The van der Waals surface area contributed by atoms with E-state index in [0.29, 0.717) is 37.6 Å². The molecule has 0 unspecified atom stereocenters. The molecule has 142 valence electrons. The van der Waals surface area contributed by atoms with E-state index in [1.54, 1.807) is 33.3 Å². The van der Waals surface area contributed by atoms with E-state index in [1.807, 2.05) is 33.5 Å². The monoisotopic (exact) mass is 412 g/mol. The van der Waals surface area contributed by atoms with Crippen LogP contribution in [0.2, 0.25) is 0 Å². The molecule has 0 saturated carbocycles. The summed E-state index contributed by atoms with van der Waals surface area (Å²) in [6, 6.07) is 7.37. The molecule has 5 heterocycles. The maximum atomic E-state index is 13.0. The van der Waals surface area contributed by atoms with E-state index in [1.165, 1.54) is 17.6 Å². The molecule has 0 bridgehead atoms. The Labute approximate surface area is 168 Å². The highest BCUT2D eigenvalue weighted by Crippen LogP contribution is 2.27. The molecule has 0 atom stereocenters. The first-order valence-electron chi connectivity index (χ1n) is 8.83. The third kappa shape index (κ3) is 2.92. The largest absolute Gasteiger partial charge is 0.459 e. The van der Waals surface area contributed by atoms with Crippen LogP contribution >= 0.6 is 22.7 Å². The normalized spacial score (nSPS) is 14.7. The lowest BCUT2D eigenvalue weighted by molar-refractivity contribution is 0.0515. The van der Waals surface area contributed by atoms with Crippen molar-refractivity contribution in [1.82, 2.24) is 19.2 Å². The summed E-state index contributed by atoms with van der Waals surface area (Å²) in [7, 11) is 0. The minimum atomic E-state index is -0.134. The molecule has 0 N–H and O–H groups in total. The first kappa shape index (κ1) is 17.2. The number of thiophene rings is 1. The van der Waals surface area contributed by atoms with Gasteiger partial charge in [0.15, 0.2) is 10.7 Å². The van der Waals surface area contributed by atoms with Crippen molar-refractivity contribution in [1.29, 1.82) is 0 Å². The Hall–Kier alpha value is -2.91. The Bertz CT molecular complexity index is 1120. The standard InChI is InChI=1S/C19H16N4O3S2/c24-17(21-5-7-22(8-6-21)18(25)15-3-1-9-26-15)14-12-28-19-20-13(11-23(14)19)16-4-2-10-27-16/h1-4,9-12H,5-8H2. The maximum Gasteiger partial charge on any atom is 0.289 e. The van der Waals surface area contributed by atoms with Gasteiger partial charge in [-0.3, -0.25) is 14.0 Å². The number of nitrogens with zero attached hydrogens (tertiary/aromatic N) is 4. The van der Waals surface area contributed by atoms with Gasteiger partial charge in [0.2, 0.25) is 0 Å². The zero-order valence-electron chi connectivity index (χ0n) is 14.8. The SMILES string of the molecule is O=C(c1ccco1)N1CCN(C(=O)c2csc3nc(-c4cccs4)cn23)CC1. The highest BCUT2D eigenvalue weighted by Gasteiger charge is 2.28. The number of amides is 2. The second-order valence-corrected chi connectivity index (χ2v) is 8.22. The molecule has 0 aliphatic carbocycles. The van der Waals surface area contributed by atoms with Gasteiger partial charge in [-0.15, -0.1) is 22.7 Å². The van der Waals surface area contributed by atoms with Gasteiger partial charge in [0.1, 0.15) is 11.4 Å². The van der Waals surface area contributed by atoms with Crippen LogP contribution in [0.1, 0.15) is 21.0 Å². The van der Waals surface area contributed by atoms with Gasteiger partial charge in [0.25, 0.3) is 11.8 Å². The molecule has 9 heteroatoms. The first-order chi connectivity index (χ1) is 13.7. The first-order valence-corrected chi connectivity index (χ1v) is 10.6. The number of carbonyl (C=O) groups excluding carboxylic acids is 2. The summed E-state index contributed by atoms with van der Waals surface area (Å²) >= 11 is 3.09. The Morgan fingerprint density at radius 1 is 1.00 bits per heavy atom. The lowest BCUT2D eigenvalue weighted by Crippen LogP contribution is -2.50. The minimum absolute atomic E-state index is 0.0357. The topological polar surface area (TPSA) is 71.1 Å². The van der Waals surface area contributed by atoms with Crippen LogP contribution in [0.5, 0.6) is 0 Å². The number of aromatic nitrogens is 2. The molecule has 2 amide bonds. The van der Waals surface area contributed by atoms with Crippen molar-refractivity contribution >= 4 is 39.4 Å². The van der Waals surface area contributed by atoms with Crippen LogP contribution in [0, 0.1) is 0 Å². The summed E-state index contributed by atoms with van der Waals surface area (Å²) in [5.74, 6) is 0.163. The molecule has 1 saturated heterocycles. The molecule has 1 aliphatic heterocycles. The number of rotatable bonds is 3. The van der Waals surface area contributed by atoms with E-state index in [0.717, 1.165) is 15.5 Å². The van der Waals surface area contributed by atoms with E-state index < -0.39 is 0 Å². The van der Waals surface area contributed by atoms with Crippen LogP contribution in [0.4, 0.5) is 0 Å². The number of imidazole rings is 1. The molecule has 5 rings (SSSR count). The van der Waals surface area contributed by atoms with E-state index in [9.17, 15) is 9.59 Å². The third-order valence-corrected chi connectivity index (χ3v) is 6.52. The predicted octanol–water partition coefficient (Wildman–Crippen LogP) is 3.32.